The summed E-state index contributed by atoms with van der Waals surface area (Å²) >= 11 is 14.4. The lowest BCUT2D eigenvalue weighted by Gasteiger charge is -2.04. The van der Waals surface area contributed by atoms with Gasteiger partial charge in [-0.2, -0.15) is 9.64 Å². The van der Waals surface area contributed by atoms with E-state index in [0.717, 1.165) is 10.6 Å². The molecule has 1 heterocycles. The average Bonchev–Trinajstić information content (AvgIpc) is 3.05. The number of nitriles is 1. The summed E-state index contributed by atoms with van der Waals surface area (Å²) in [5.74, 6) is -0.0631. The summed E-state index contributed by atoms with van der Waals surface area (Å²) in [6.45, 7) is 0. The number of nitrogens with one attached hydrogen (secondary N) is 1. The molecule has 0 radical (unpaired) electrons. The summed E-state index contributed by atoms with van der Waals surface area (Å²) in [6, 6.07) is 14.0. The molecule has 0 aliphatic rings. The Kier molecular flexibility index (Phi) is 6.75. The van der Waals surface area contributed by atoms with Crippen LogP contribution in [0.4, 0.5) is 10.1 Å². The lowest BCUT2D eigenvalue weighted by Crippen LogP contribution is -1.90. The van der Waals surface area contributed by atoms with Crippen LogP contribution in [-0.2, 0) is 5.75 Å². The molecule has 0 fully saturated rings. The van der Waals surface area contributed by atoms with Crippen molar-refractivity contribution in [2.75, 3.05) is 5.32 Å². The van der Waals surface area contributed by atoms with Crippen molar-refractivity contribution in [1.29, 1.82) is 5.26 Å². The summed E-state index contributed by atoms with van der Waals surface area (Å²) < 4.78 is 18.2. The third-order valence-corrected chi connectivity index (χ3v) is 6.08. The fourth-order valence-corrected chi connectivity index (χ4v) is 4.50. The smallest absolute Gasteiger partial charge is 0.129 e. The molecule has 8 heteroatoms. The minimum absolute atomic E-state index is 0.302. The van der Waals surface area contributed by atoms with E-state index in [-0.39, 0.29) is 5.82 Å². The van der Waals surface area contributed by atoms with E-state index in [1.54, 1.807) is 36.5 Å². The van der Waals surface area contributed by atoms with Gasteiger partial charge in [-0.05, 0) is 54.0 Å². The SMILES string of the molecule is N#Cc1c(SCc2c(F)cccc2Cl)nsc1C=CNc1ccc(Cl)cc1. The lowest BCUT2D eigenvalue weighted by atomic mass is 10.2. The molecular weight excluding hydrogens is 424 g/mol. The van der Waals surface area contributed by atoms with E-state index in [2.05, 4.69) is 15.8 Å². The first-order valence-electron chi connectivity index (χ1n) is 7.72. The van der Waals surface area contributed by atoms with Gasteiger partial charge in [-0.3, -0.25) is 0 Å². The zero-order valence-electron chi connectivity index (χ0n) is 13.7. The number of hydrogen-bond donors (Lipinski definition) is 1. The highest BCUT2D eigenvalue weighted by Gasteiger charge is 2.14. The molecule has 2 aromatic carbocycles. The second-order valence-corrected chi connectivity index (χ2v) is 7.92. The van der Waals surface area contributed by atoms with Crippen LogP contribution in [0.2, 0.25) is 10.0 Å². The van der Waals surface area contributed by atoms with Crippen molar-refractivity contribution in [2.24, 2.45) is 0 Å². The summed E-state index contributed by atoms with van der Waals surface area (Å²) in [7, 11) is 0. The molecule has 3 aromatic rings. The fraction of sp³-hybridized carbons (Fsp3) is 0.0526. The average molecular weight is 436 g/mol. The maximum atomic E-state index is 13.9. The van der Waals surface area contributed by atoms with Crippen LogP contribution in [0, 0.1) is 17.1 Å². The predicted octanol–water partition coefficient (Wildman–Crippen LogP) is 6.84. The number of benzene rings is 2. The van der Waals surface area contributed by atoms with E-state index in [1.165, 1.54) is 29.4 Å². The predicted molar refractivity (Wildman–Crippen MR) is 112 cm³/mol. The van der Waals surface area contributed by atoms with Crippen LogP contribution in [0.3, 0.4) is 0 Å². The number of aromatic nitrogens is 1. The molecule has 0 atom stereocenters. The second kappa shape index (κ2) is 9.25. The van der Waals surface area contributed by atoms with Gasteiger partial charge in [0, 0.05) is 33.2 Å². The van der Waals surface area contributed by atoms with E-state index >= 15 is 0 Å². The number of nitrogens with zero attached hydrogens (tertiary/aromatic N) is 2. The third kappa shape index (κ3) is 5.02. The normalized spacial score (nSPS) is 10.9. The van der Waals surface area contributed by atoms with E-state index < -0.39 is 0 Å². The largest absolute Gasteiger partial charge is 0.362 e. The standard InChI is InChI=1S/C19H12Cl2FN3S2/c20-12-4-6-13(7-5-12)24-9-8-18-14(10-23)19(25-27-18)26-11-15-16(21)2-1-3-17(15)22/h1-9,24H,11H2. The zero-order chi connectivity index (χ0) is 19.2. The van der Waals surface area contributed by atoms with Gasteiger partial charge in [0.05, 0.1) is 4.88 Å². The first-order chi connectivity index (χ1) is 13.1. The first-order valence-corrected chi connectivity index (χ1v) is 10.2. The minimum Gasteiger partial charge on any atom is -0.362 e. The first kappa shape index (κ1) is 19.7. The number of thioether (sulfide) groups is 1. The van der Waals surface area contributed by atoms with Crippen LogP contribution in [0.1, 0.15) is 16.0 Å². The molecule has 0 unspecified atom stereocenters. The molecule has 27 heavy (non-hydrogen) atoms. The Labute approximate surface area is 174 Å². The molecule has 0 saturated heterocycles. The molecule has 3 rings (SSSR count). The summed E-state index contributed by atoms with van der Waals surface area (Å²) in [6.07, 6.45) is 3.52. The van der Waals surface area contributed by atoms with E-state index in [0.29, 0.717) is 32.0 Å². The van der Waals surface area contributed by atoms with Gasteiger partial charge in [0.15, 0.2) is 0 Å². The Morgan fingerprint density at radius 1 is 1.22 bits per heavy atom. The number of anilines is 1. The monoisotopic (exact) mass is 435 g/mol. The van der Waals surface area contributed by atoms with Gasteiger partial charge in [0.25, 0.3) is 0 Å². The molecule has 0 aliphatic heterocycles. The van der Waals surface area contributed by atoms with Crippen molar-refractivity contribution in [3.63, 3.8) is 0 Å². The van der Waals surface area contributed by atoms with E-state index in [1.807, 2.05) is 12.1 Å². The molecule has 0 saturated carbocycles. The molecule has 3 nitrogen and oxygen atoms in total. The molecule has 1 aromatic heterocycles. The second-order valence-electron chi connectivity index (χ2n) is 5.31. The summed E-state index contributed by atoms with van der Waals surface area (Å²) in [4.78, 5) is 0.723. The number of halogens is 3. The Morgan fingerprint density at radius 3 is 2.70 bits per heavy atom. The number of rotatable bonds is 6. The van der Waals surface area contributed by atoms with Gasteiger partial charge in [-0.25, -0.2) is 4.39 Å². The van der Waals surface area contributed by atoms with Crippen molar-refractivity contribution in [2.45, 2.75) is 10.8 Å². The van der Waals surface area contributed by atoms with Crippen molar-refractivity contribution in [3.8, 4) is 6.07 Å². The third-order valence-electron chi connectivity index (χ3n) is 3.54. The maximum absolute atomic E-state index is 13.9. The van der Waals surface area contributed by atoms with Crippen LogP contribution in [0.15, 0.2) is 53.7 Å². The topological polar surface area (TPSA) is 48.7 Å². The van der Waals surface area contributed by atoms with Crippen LogP contribution in [-0.4, -0.2) is 4.37 Å². The molecule has 0 spiro atoms. The van der Waals surface area contributed by atoms with Crippen molar-refractivity contribution < 1.29 is 4.39 Å². The Balaban J connectivity index is 1.70. The highest BCUT2D eigenvalue weighted by molar-refractivity contribution is 7.98. The van der Waals surface area contributed by atoms with Gasteiger partial charge in [0.2, 0.25) is 0 Å². The van der Waals surface area contributed by atoms with Gasteiger partial charge >= 0.3 is 0 Å². The Bertz CT molecular complexity index is 991. The fourth-order valence-electron chi connectivity index (χ4n) is 2.17. The van der Waals surface area contributed by atoms with Gasteiger partial charge in [0.1, 0.15) is 22.5 Å². The van der Waals surface area contributed by atoms with Crippen LogP contribution < -0.4 is 5.32 Å². The highest BCUT2D eigenvalue weighted by Crippen LogP contribution is 2.33. The Hall–Kier alpha value is -2.04. The minimum atomic E-state index is -0.365. The van der Waals surface area contributed by atoms with Gasteiger partial charge in [-0.15, -0.1) is 0 Å². The van der Waals surface area contributed by atoms with Crippen molar-refractivity contribution in [3.05, 3.63) is 80.5 Å². The molecule has 136 valence electrons. The molecule has 0 aliphatic carbocycles. The van der Waals surface area contributed by atoms with Crippen molar-refractivity contribution in [1.82, 2.24) is 4.37 Å². The maximum Gasteiger partial charge on any atom is 0.129 e. The number of hydrogen-bond acceptors (Lipinski definition) is 5. The van der Waals surface area contributed by atoms with Crippen LogP contribution >= 0.6 is 46.5 Å². The highest BCUT2D eigenvalue weighted by atomic mass is 35.5. The molecule has 1 N–H and O–H groups in total. The zero-order valence-corrected chi connectivity index (χ0v) is 16.9. The summed E-state index contributed by atoms with van der Waals surface area (Å²) in [5.41, 5.74) is 1.75. The van der Waals surface area contributed by atoms with E-state index in [9.17, 15) is 9.65 Å². The van der Waals surface area contributed by atoms with Crippen molar-refractivity contribution >= 4 is 58.3 Å². The summed E-state index contributed by atoms with van der Waals surface area (Å²) in [5, 5.41) is 14.2. The lowest BCUT2D eigenvalue weighted by molar-refractivity contribution is 0.617. The molecule has 0 bridgehead atoms. The van der Waals surface area contributed by atoms with Crippen LogP contribution in [0.5, 0.6) is 0 Å². The Morgan fingerprint density at radius 2 is 2.00 bits per heavy atom. The van der Waals surface area contributed by atoms with Crippen LogP contribution in [0.25, 0.3) is 6.08 Å². The molecule has 0 amide bonds. The van der Waals surface area contributed by atoms with Gasteiger partial charge in [-0.1, -0.05) is 41.0 Å². The van der Waals surface area contributed by atoms with Gasteiger partial charge < -0.3 is 5.32 Å². The van der Waals surface area contributed by atoms with E-state index in [4.69, 9.17) is 23.2 Å². The quantitative estimate of drug-likeness (QED) is 0.430. The molecular formula is C19H12Cl2FN3S2.